The summed E-state index contributed by atoms with van der Waals surface area (Å²) in [6, 6.07) is 7.53. The lowest BCUT2D eigenvalue weighted by atomic mass is 10.1. The van der Waals surface area contributed by atoms with E-state index in [1.807, 2.05) is 29.2 Å². The van der Waals surface area contributed by atoms with Gasteiger partial charge in [-0.25, -0.2) is 4.98 Å². The van der Waals surface area contributed by atoms with Gasteiger partial charge >= 0.3 is 0 Å². The normalized spacial score (nSPS) is 18.7. The van der Waals surface area contributed by atoms with Crippen LogP contribution in [0.1, 0.15) is 43.4 Å². The van der Waals surface area contributed by atoms with E-state index in [0.717, 1.165) is 74.7 Å². The van der Waals surface area contributed by atoms with Crippen molar-refractivity contribution in [2.24, 2.45) is 5.92 Å². The summed E-state index contributed by atoms with van der Waals surface area (Å²) < 4.78 is 11.6. The van der Waals surface area contributed by atoms with Crippen LogP contribution in [0.4, 0.5) is 5.95 Å². The van der Waals surface area contributed by atoms with Crippen molar-refractivity contribution in [1.29, 1.82) is 0 Å². The summed E-state index contributed by atoms with van der Waals surface area (Å²) in [6.07, 6.45) is 6.35. The van der Waals surface area contributed by atoms with Crippen molar-refractivity contribution in [2.45, 2.75) is 45.1 Å². The topological polar surface area (TPSA) is 67.8 Å². The van der Waals surface area contributed by atoms with Crippen LogP contribution in [0.2, 0.25) is 0 Å². The summed E-state index contributed by atoms with van der Waals surface area (Å²) in [5.41, 5.74) is 1.93. The van der Waals surface area contributed by atoms with Gasteiger partial charge in [0.2, 0.25) is 17.7 Å². The molecule has 1 saturated carbocycles. The summed E-state index contributed by atoms with van der Waals surface area (Å²) in [5.74, 6) is 3.18. The molecule has 7 heteroatoms. The SMILES string of the molecule is COc1cccc(Oc2nc(N3CCCCC3)nc3c2CN(C(=O)C2CC2)CC3)c1. The maximum absolute atomic E-state index is 12.7. The molecule has 0 N–H and O–H groups in total. The molecule has 1 amide bonds. The number of piperidine rings is 1. The molecule has 1 aromatic carbocycles. The number of carbonyl (C=O) groups is 1. The molecular formula is C23H28N4O3. The number of amides is 1. The van der Waals surface area contributed by atoms with Gasteiger partial charge in [-0.15, -0.1) is 0 Å². The van der Waals surface area contributed by atoms with E-state index in [0.29, 0.717) is 18.2 Å². The predicted molar refractivity (Wildman–Crippen MR) is 113 cm³/mol. The van der Waals surface area contributed by atoms with Gasteiger partial charge in [0.1, 0.15) is 11.5 Å². The zero-order valence-corrected chi connectivity index (χ0v) is 17.5. The molecule has 0 spiro atoms. The number of hydrogen-bond acceptors (Lipinski definition) is 6. The number of ether oxygens (including phenoxy) is 2. The fourth-order valence-corrected chi connectivity index (χ4v) is 4.24. The lowest BCUT2D eigenvalue weighted by molar-refractivity contribution is -0.133. The van der Waals surface area contributed by atoms with Crippen LogP contribution >= 0.6 is 0 Å². The molecule has 30 heavy (non-hydrogen) atoms. The summed E-state index contributed by atoms with van der Waals surface area (Å²) >= 11 is 0. The molecule has 2 aromatic rings. The molecule has 2 aliphatic heterocycles. The zero-order valence-electron chi connectivity index (χ0n) is 17.5. The first kappa shape index (κ1) is 19.2. The molecule has 1 aliphatic carbocycles. The van der Waals surface area contributed by atoms with Crippen LogP contribution in [0.3, 0.4) is 0 Å². The highest BCUT2D eigenvalue weighted by atomic mass is 16.5. The maximum atomic E-state index is 12.7. The van der Waals surface area contributed by atoms with E-state index in [-0.39, 0.29) is 11.8 Å². The molecule has 7 nitrogen and oxygen atoms in total. The molecule has 3 aliphatic rings. The largest absolute Gasteiger partial charge is 0.497 e. The van der Waals surface area contributed by atoms with Gasteiger partial charge in [-0.05, 0) is 44.2 Å². The number of rotatable bonds is 5. The third-order valence-corrected chi connectivity index (χ3v) is 6.14. The third-order valence-electron chi connectivity index (χ3n) is 6.14. The Labute approximate surface area is 177 Å². The lowest BCUT2D eigenvalue weighted by Gasteiger charge is -2.32. The molecule has 2 fully saturated rings. The Morgan fingerprint density at radius 1 is 1.07 bits per heavy atom. The second-order valence-electron chi connectivity index (χ2n) is 8.37. The average Bonchev–Trinajstić information content (AvgIpc) is 3.64. The summed E-state index contributed by atoms with van der Waals surface area (Å²) in [7, 11) is 1.64. The van der Waals surface area contributed by atoms with E-state index in [9.17, 15) is 4.79 Å². The molecule has 0 atom stereocenters. The van der Waals surface area contributed by atoms with Crippen LogP contribution in [0.25, 0.3) is 0 Å². The minimum atomic E-state index is 0.211. The van der Waals surface area contributed by atoms with Gasteiger partial charge in [0, 0.05) is 38.0 Å². The highest BCUT2D eigenvalue weighted by molar-refractivity contribution is 5.81. The number of hydrogen-bond donors (Lipinski definition) is 0. The number of fused-ring (bicyclic) bond motifs is 1. The smallest absolute Gasteiger partial charge is 0.229 e. The standard InChI is InChI=1S/C23H28N4O3/c1-29-17-6-5-7-18(14-17)30-21-19-15-27(22(28)16-8-9-16)13-10-20(19)24-23(25-21)26-11-3-2-4-12-26/h5-7,14,16H,2-4,8-13,15H2,1H3. The van der Waals surface area contributed by atoms with E-state index >= 15 is 0 Å². The lowest BCUT2D eigenvalue weighted by Crippen LogP contribution is -2.38. The minimum Gasteiger partial charge on any atom is -0.497 e. The molecule has 0 radical (unpaired) electrons. The molecule has 5 rings (SSSR count). The van der Waals surface area contributed by atoms with Crippen molar-refractivity contribution < 1.29 is 14.3 Å². The van der Waals surface area contributed by atoms with Crippen molar-refractivity contribution in [3.8, 4) is 17.4 Å². The van der Waals surface area contributed by atoms with Crippen LogP contribution in [-0.2, 0) is 17.8 Å². The monoisotopic (exact) mass is 408 g/mol. The van der Waals surface area contributed by atoms with Gasteiger partial charge in [-0.2, -0.15) is 4.98 Å². The van der Waals surface area contributed by atoms with Crippen molar-refractivity contribution in [3.63, 3.8) is 0 Å². The second-order valence-corrected chi connectivity index (χ2v) is 8.37. The first-order valence-corrected chi connectivity index (χ1v) is 11.0. The van der Waals surface area contributed by atoms with Gasteiger partial charge in [0.05, 0.1) is 24.9 Å². The molecule has 0 bridgehead atoms. The van der Waals surface area contributed by atoms with Gasteiger partial charge in [-0.3, -0.25) is 4.79 Å². The van der Waals surface area contributed by atoms with Crippen LogP contribution in [0.15, 0.2) is 24.3 Å². The summed E-state index contributed by atoms with van der Waals surface area (Å²) in [6.45, 7) is 3.19. The number of carbonyl (C=O) groups excluding carboxylic acids is 1. The van der Waals surface area contributed by atoms with Crippen molar-refractivity contribution in [3.05, 3.63) is 35.5 Å². The zero-order chi connectivity index (χ0) is 20.5. The first-order chi connectivity index (χ1) is 14.7. The molecule has 3 heterocycles. The first-order valence-electron chi connectivity index (χ1n) is 11.0. The van der Waals surface area contributed by atoms with Crippen molar-refractivity contribution in [1.82, 2.24) is 14.9 Å². The van der Waals surface area contributed by atoms with E-state index in [4.69, 9.17) is 19.4 Å². The predicted octanol–water partition coefficient (Wildman–Crippen LogP) is 3.56. The minimum absolute atomic E-state index is 0.211. The van der Waals surface area contributed by atoms with Crippen LogP contribution in [0, 0.1) is 5.92 Å². The number of nitrogens with zero attached hydrogens (tertiary/aromatic N) is 4. The van der Waals surface area contributed by atoms with Crippen LogP contribution < -0.4 is 14.4 Å². The average molecular weight is 409 g/mol. The van der Waals surface area contributed by atoms with E-state index < -0.39 is 0 Å². The molecule has 1 saturated heterocycles. The Morgan fingerprint density at radius 3 is 2.63 bits per heavy atom. The number of methoxy groups -OCH3 is 1. The van der Waals surface area contributed by atoms with Gasteiger partial charge in [-0.1, -0.05) is 6.07 Å². The number of anilines is 1. The van der Waals surface area contributed by atoms with Crippen molar-refractivity contribution in [2.75, 3.05) is 31.6 Å². The summed E-state index contributed by atoms with van der Waals surface area (Å²) in [5, 5.41) is 0. The molecule has 1 aromatic heterocycles. The third kappa shape index (κ3) is 3.93. The number of aromatic nitrogens is 2. The van der Waals surface area contributed by atoms with Gasteiger partial charge < -0.3 is 19.3 Å². The van der Waals surface area contributed by atoms with E-state index in [2.05, 4.69) is 4.90 Å². The highest BCUT2D eigenvalue weighted by Gasteiger charge is 2.36. The molecule has 0 unspecified atom stereocenters. The summed E-state index contributed by atoms with van der Waals surface area (Å²) in [4.78, 5) is 26.6. The van der Waals surface area contributed by atoms with Crippen molar-refractivity contribution >= 4 is 11.9 Å². The van der Waals surface area contributed by atoms with Gasteiger partial charge in [0.25, 0.3) is 0 Å². The van der Waals surface area contributed by atoms with Gasteiger partial charge in [0.15, 0.2) is 0 Å². The van der Waals surface area contributed by atoms with Crippen LogP contribution in [-0.4, -0.2) is 47.5 Å². The maximum Gasteiger partial charge on any atom is 0.229 e. The quantitative estimate of drug-likeness (QED) is 0.754. The Morgan fingerprint density at radius 2 is 1.87 bits per heavy atom. The Kier molecular flexibility index (Phi) is 5.19. The van der Waals surface area contributed by atoms with E-state index in [1.54, 1.807) is 7.11 Å². The number of benzene rings is 1. The van der Waals surface area contributed by atoms with Crippen LogP contribution in [0.5, 0.6) is 17.4 Å². The fourth-order valence-electron chi connectivity index (χ4n) is 4.24. The highest BCUT2D eigenvalue weighted by Crippen LogP contribution is 2.36. The van der Waals surface area contributed by atoms with E-state index in [1.165, 1.54) is 6.42 Å². The second kappa shape index (κ2) is 8.13. The molecule has 158 valence electrons. The Bertz CT molecular complexity index is 938. The molecular weight excluding hydrogens is 380 g/mol. The fraction of sp³-hybridized carbons (Fsp3) is 0.522. The Hall–Kier alpha value is -2.83. The Balaban J connectivity index is 1.49.